The second-order valence-corrected chi connectivity index (χ2v) is 9.38. The SMILES string of the molecule is COc1ncccc1C(C)Cc1nc(N[C@@H](CO)CC(C)C)nc(NS(C)(=O)=O)n1. The number of pyridine rings is 1. The molecule has 0 bridgehead atoms. The third kappa shape index (κ3) is 7.38. The minimum atomic E-state index is -3.56. The van der Waals surface area contributed by atoms with Crippen LogP contribution in [0.3, 0.4) is 0 Å². The van der Waals surface area contributed by atoms with Gasteiger partial charge in [0.1, 0.15) is 5.82 Å². The summed E-state index contributed by atoms with van der Waals surface area (Å²) >= 11 is 0. The molecule has 11 heteroatoms. The molecule has 0 aromatic carbocycles. The van der Waals surface area contributed by atoms with Crippen LogP contribution in [0.2, 0.25) is 0 Å². The van der Waals surface area contributed by atoms with Crippen molar-refractivity contribution in [3.63, 3.8) is 0 Å². The number of methoxy groups -OCH3 is 1. The largest absolute Gasteiger partial charge is 0.481 e. The standard InChI is InChI=1S/C19H30N6O4S/c1-12(2)9-14(11-26)21-18-22-16(23-19(24-18)25-30(5,27)28)10-13(3)15-7-6-8-20-17(15)29-4/h6-8,12-14,26H,9-11H2,1-5H3,(H2,21,22,23,24,25)/t13?,14-/m1/s1. The van der Waals surface area contributed by atoms with E-state index in [0.717, 1.165) is 11.8 Å². The maximum atomic E-state index is 11.7. The minimum absolute atomic E-state index is 0.0423. The molecule has 0 spiro atoms. The molecule has 2 aromatic rings. The zero-order chi connectivity index (χ0) is 22.3. The van der Waals surface area contributed by atoms with Crippen molar-refractivity contribution in [1.29, 1.82) is 0 Å². The highest BCUT2D eigenvalue weighted by molar-refractivity contribution is 7.91. The molecule has 1 unspecified atom stereocenters. The minimum Gasteiger partial charge on any atom is -0.481 e. The highest BCUT2D eigenvalue weighted by Crippen LogP contribution is 2.26. The van der Waals surface area contributed by atoms with Gasteiger partial charge in [-0.15, -0.1) is 0 Å². The highest BCUT2D eigenvalue weighted by Gasteiger charge is 2.18. The van der Waals surface area contributed by atoms with E-state index < -0.39 is 10.0 Å². The third-order valence-electron chi connectivity index (χ3n) is 4.28. The number of aliphatic hydroxyl groups excluding tert-OH is 1. The number of aliphatic hydroxyl groups is 1. The summed E-state index contributed by atoms with van der Waals surface area (Å²) in [6.45, 7) is 5.97. The van der Waals surface area contributed by atoms with Crippen LogP contribution >= 0.6 is 0 Å². The number of hydrogen-bond acceptors (Lipinski definition) is 9. The number of sulfonamides is 1. The summed E-state index contributed by atoms with van der Waals surface area (Å²) in [4.78, 5) is 17.1. The average Bonchev–Trinajstić information content (AvgIpc) is 2.65. The van der Waals surface area contributed by atoms with E-state index in [1.807, 2.05) is 32.9 Å². The molecule has 0 aliphatic heterocycles. The first-order chi connectivity index (χ1) is 14.1. The van der Waals surface area contributed by atoms with Crippen LogP contribution in [0.4, 0.5) is 11.9 Å². The molecule has 0 amide bonds. The Bertz CT molecular complexity index is 938. The first-order valence-corrected chi connectivity index (χ1v) is 11.6. The predicted octanol–water partition coefficient (Wildman–Crippen LogP) is 1.81. The lowest BCUT2D eigenvalue weighted by molar-refractivity contribution is 0.259. The summed E-state index contributed by atoms with van der Waals surface area (Å²) in [7, 11) is -2.01. The van der Waals surface area contributed by atoms with Gasteiger partial charge in [-0.25, -0.2) is 13.4 Å². The van der Waals surface area contributed by atoms with Gasteiger partial charge < -0.3 is 15.2 Å². The Hall–Kier alpha value is -2.53. The van der Waals surface area contributed by atoms with Gasteiger partial charge in [0.2, 0.25) is 27.8 Å². The van der Waals surface area contributed by atoms with Crippen LogP contribution < -0.4 is 14.8 Å². The predicted molar refractivity (Wildman–Crippen MR) is 115 cm³/mol. The van der Waals surface area contributed by atoms with E-state index in [4.69, 9.17) is 4.74 Å². The molecule has 166 valence electrons. The zero-order valence-electron chi connectivity index (χ0n) is 18.0. The van der Waals surface area contributed by atoms with Gasteiger partial charge in [0, 0.05) is 18.2 Å². The topological polar surface area (TPSA) is 139 Å². The van der Waals surface area contributed by atoms with Gasteiger partial charge in [-0.05, 0) is 24.3 Å². The van der Waals surface area contributed by atoms with Crippen molar-refractivity contribution in [3.05, 3.63) is 29.7 Å². The van der Waals surface area contributed by atoms with Crippen molar-refractivity contribution in [3.8, 4) is 5.88 Å². The van der Waals surface area contributed by atoms with Gasteiger partial charge >= 0.3 is 0 Å². The molecule has 3 N–H and O–H groups in total. The summed E-state index contributed by atoms with van der Waals surface area (Å²) in [6.07, 6.45) is 3.79. The van der Waals surface area contributed by atoms with Crippen LogP contribution in [0, 0.1) is 5.92 Å². The average molecular weight is 439 g/mol. The number of nitrogens with one attached hydrogen (secondary N) is 2. The van der Waals surface area contributed by atoms with Crippen molar-refractivity contribution in [2.75, 3.05) is 30.0 Å². The summed E-state index contributed by atoms with van der Waals surface area (Å²) in [6, 6.07) is 3.47. The van der Waals surface area contributed by atoms with Crippen molar-refractivity contribution < 1.29 is 18.3 Å². The Morgan fingerprint density at radius 2 is 1.87 bits per heavy atom. The van der Waals surface area contributed by atoms with E-state index in [9.17, 15) is 13.5 Å². The van der Waals surface area contributed by atoms with E-state index in [2.05, 4.69) is 30.0 Å². The van der Waals surface area contributed by atoms with Crippen molar-refractivity contribution in [2.24, 2.45) is 5.92 Å². The number of rotatable bonds is 11. The number of ether oxygens (including phenoxy) is 1. The first kappa shape index (κ1) is 23.7. The summed E-state index contributed by atoms with van der Waals surface area (Å²) in [5, 5.41) is 12.7. The molecular weight excluding hydrogens is 408 g/mol. The molecule has 0 aliphatic carbocycles. The van der Waals surface area contributed by atoms with Crippen LogP contribution in [0.25, 0.3) is 0 Å². The van der Waals surface area contributed by atoms with Gasteiger partial charge in [-0.3, -0.25) is 4.72 Å². The lowest BCUT2D eigenvalue weighted by Gasteiger charge is -2.19. The van der Waals surface area contributed by atoms with Gasteiger partial charge in [-0.2, -0.15) is 15.0 Å². The van der Waals surface area contributed by atoms with Gasteiger partial charge in [0.15, 0.2) is 0 Å². The van der Waals surface area contributed by atoms with Gasteiger partial charge in [0.25, 0.3) is 0 Å². The number of hydrogen-bond donors (Lipinski definition) is 3. The molecule has 0 saturated heterocycles. The van der Waals surface area contributed by atoms with E-state index in [-0.39, 0.29) is 30.5 Å². The molecule has 2 atom stereocenters. The van der Waals surface area contributed by atoms with Crippen LogP contribution in [-0.4, -0.2) is 59.5 Å². The fourth-order valence-corrected chi connectivity index (χ4v) is 3.47. The number of aromatic nitrogens is 4. The van der Waals surface area contributed by atoms with Crippen molar-refractivity contribution >= 4 is 21.9 Å². The van der Waals surface area contributed by atoms with Crippen LogP contribution in [-0.2, 0) is 16.4 Å². The molecule has 0 fully saturated rings. The van der Waals surface area contributed by atoms with E-state index in [0.29, 0.717) is 30.5 Å². The second kappa shape index (κ2) is 10.5. The Morgan fingerprint density at radius 1 is 1.17 bits per heavy atom. The van der Waals surface area contributed by atoms with E-state index in [1.165, 1.54) is 0 Å². The highest BCUT2D eigenvalue weighted by atomic mass is 32.2. The molecule has 2 aromatic heterocycles. The van der Waals surface area contributed by atoms with Crippen LogP contribution in [0.15, 0.2) is 18.3 Å². The molecule has 30 heavy (non-hydrogen) atoms. The molecule has 0 radical (unpaired) electrons. The van der Waals surface area contributed by atoms with Crippen LogP contribution in [0.1, 0.15) is 44.5 Å². The normalized spacial score (nSPS) is 13.7. The summed E-state index contributed by atoms with van der Waals surface area (Å²) in [5.74, 6) is 1.36. The third-order valence-corrected chi connectivity index (χ3v) is 4.83. The molecular formula is C19H30N6O4S. The Labute approximate surface area is 177 Å². The molecule has 2 rings (SSSR count). The van der Waals surface area contributed by atoms with E-state index >= 15 is 0 Å². The fourth-order valence-electron chi connectivity index (χ4n) is 3.05. The zero-order valence-corrected chi connectivity index (χ0v) is 18.8. The second-order valence-electron chi connectivity index (χ2n) is 7.63. The van der Waals surface area contributed by atoms with Crippen molar-refractivity contribution in [2.45, 2.75) is 45.6 Å². The Kier molecular flexibility index (Phi) is 8.30. The lowest BCUT2D eigenvalue weighted by Crippen LogP contribution is -2.27. The first-order valence-electron chi connectivity index (χ1n) is 9.70. The maximum absolute atomic E-state index is 11.7. The number of anilines is 2. The molecule has 10 nitrogen and oxygen atoms in total. The van der Waals surface area contributed by atoms with Crippen LogP contribution in [0.5, 0.6) is 5.88 Å². The lowest BCUT2D eigenvalue weighted by atomic mass is 9.98. The maximum Gasteiger partial charge on any atom is 0.241 e. The van der Waals surface area contributed by atoms with Gasteiger partial charge in [-0.1, -0.05) is 26.8 Å². The number of nitrogens with zero attached hydrogens (tertiary/aromatic N) is 4. The molecule has 0 saturated carbocycles. The fraction of sp³-hybridized carbons (Fsp3) is 0.579. The quantitative estimate of drug-likeness (QED) is 0.479. The smallest absolute Gasteiger partial charge is 0.241 e. The Morgan fingerprint density at radius 3 is 2.47 bits per heavy atom. The summed E-state index contributed by atoms with van der Waals surface area (Å²) in [5.41, 5.74) is 0.889. The van der Waals surface area contributed by atoms with Crippen molar-refractivity contribution in [1.82, 2.24) is 19.9 Å². The molecule has 0 aliphatic rings. The molecule has 2 heterocycles. The van der Waals surface area contributed by atoms with E-state index in [1.54, 1.807) is 13.3 Å². The Balaban J connectivity index is 2.33. The monoisotopic (exact) mass is 438 g/mol. The van der Waals surface area contributed by atoms with Gasteiger partial charge in [0.05, 0.1) is 26.0 Å². The summed E-state index contributed by atoms with van der Waals surface area (Å²) < 4.78 is 31.0.